The minimum Gasteiger partial charge on any atom is -0.410 e. The Morgan fingerprint density at radius 3 is 2.62 bits per heavy atom. The number of nitrogens with zero attached hydrogens (tertiary/aromatic N) is 2. The minimum atomic E-state index is -0.821. The Labute approximate surface area is 200 Å². The molecule has 1 aliphatic heterocycles. The molecular weight excluding hydrogens is 450 g/mol. The Morgan fingerprint density at radius 2 is 1.85 bits per heavy atom. The number of hydrogen-bond donors (Lipinski definition) is 2. The molecule has 34 heavy (non-hydrogen) atoms. The second-order valence-corrected chi connectivity index (χ2v) is 9.33. The highest BCUT2D eigenvalue weighted by Gasteiger charge is 2.40. The largest absolute Gasteiger partial charge is 0.416 e. The first-order valence-corrected chi connectivity index (χ1v) is 11.8. The first kappa shape index (κ1) is 22.1. The number of aromatic nitrogens is 1. The number of carbonyl (C=O) groups excluding carboxylic acids is 2. The maximum absolute atomic E-state index is 12.9. The van der Waals surface area contributed by atoms with E-state index in [1.165, 1.54) is 10.5 Å². The lowest BCUT2D eigenvalue weighted by atomic mass is 10.1. The van der Waals surface area contributed by atoms with Crippen LogP contribution in [0, 0.1) is 6.92 Å². The summed E-state index contributed by atoms with van der Waals surface area (Å²) in [5.74, 6) is 0.0124. The zero-order valence-corrected chi connectivity index (χ0v) is 19.3. The number of para-hydroxylation sites is 1. The summed E-state index contributed by atoms with van der Waals surface area (Å²) >= 11 is 1.62. The summed E-state index contributed by atoms with van der Waals surface area (Å²) in [4.78, 5) is 31.5. The number of anilines is 1. The molecule has 0 aliphatic carbocycles. The van der Waals surface area contributed by atoms with E-state index >= 15 is 0 Å². The van der Waals surface area contributed by atoms with Crippen molar-refractivity contribution in [2.75, 3.05) is 11.9 Å². The summed E-state index contributed by atoms with van der Waals surface area (Å²) in [6.07, 6.45) is -1.30. The van der Waals surface area contributed by atoms with Gasteiger partial charge in [0.2, 0.25) is 5.91 Å². The zero-order chi connectivity index (χ0) is 23.7. The van der Waals surface area contributed by atoms with Crippen molar-refractivity contribution in [1.82, 2.24) is 9.88 Å². The van der Waals surface area contributed by atoms with Gasteiger partial charge in [0.1, 0.15) is 16.8 Å². The third-order valence-electron chi connectivity index (χ3n) is 5.71. The number of hydrogen-bond acceptors (Lipinski definition) is 6. The van der Waals surface area contributed by atoms with Crippen LogP contribution in [0.15, 0.2) is 72.8 Å². The average molecular weight is 474 g/mol. The summed E-state index contributed by atoms with van der Waals surface area (Å²) < 4.78 is 6.50. The predicted octanol–water partition coefficient (Wildman–Crippen LogP) is 4.84. The fourth-order valence-corrected chi connectivity index (χ4v) is 5.06. The second kappa shape index (κ2) is 9.24. The van der Waals surface area contributed by atoms with E-state index in [1.54, 1.807) is 35.6 Å². The van der Waals surface area contributed by atoms with Gasteiger partial charge in [-0.15, -0.1) is 11.3 Å². The molecule has 1 saturated heterocycles. The number of aryl methyl sites for hydroxylation is 1. The van der Waals surface area contributed by atoms with Crippen molar-refractivity contribution in [3.8, 4) is 16.3 Å². The molecule has 1 aliphatic rings. The summed E-state index contributed by atoms with van der Waals surface area (Å²) in [5, 5.41) is 13.9. The number of benzene rings is 3. The lowest BCUT2D eigenvalue weighted by Gasteiger charge is -2.23. The van der Waals surface area contributed by atoms with Crippen LogP contribution in [-0.2, 0) is 4.79 Å². The first-order chi connectivity index (χ1) is 16.5. The van der Waals surface area contributed by atoms with Gasteiger partial charge in [-0.2, -0.15) is 0 Å². The molecule has 2 heterocycles. The molecule has 0 radical (unpaired) electrons. The van der Waals surface area contributed by atoms with Crippen LogP contribution >= 0.6 is 11.3 Å². The molecule has 1 fully saturated rings. The normalized spacial score (nSPS) is 17.6. The number of rotatable bonds is 4. The van der Waals surface area contributed by atoms with Gasteiger partial charge in [-0.05, 0) is 61.0 Å². The SMILES string of the molecule is Cc1ccc2nc(-c3ccc(NC(=O)[C@@H]4C[C@@H](O)CN4C(=O)Oc4ccccc4)cc3)sc2c1. The molecule has 1 aromatic heterocycles. The van der Waals surface area contributed by atoms with E-state index in [-0.39, 0.29) is 18.9 Å². The number of carbonyl (C=O) groups is 2. The molecule has 0 spiro atoms. The Morgan fingerprint density at radius 1 is 1.09 bits per heavy atom. The number of amides is 2. The van der Waals surface area contributed by atoms with Crippen molar-refractivity contribution in [3.63, 3.8) is 0 Å². The standard InChI is InChI=1S/C26H23N3O4S/c1-16-7-12-21-23(13-16)34-25(28-21)17-8-10-18(11-9-17)27-24(31)22-14-19(30)15-29(22)26(32)33-20-5-3-2-4-6-20/h2-13,19,22,30H,14-15H2,1H3,(H,27,31)/t19-,22+/m1/s1. The van der Waals surface area contributed by atoms with Gasteiger partial charge in [-0.3, -0.25) is 9.69 Å². The summed E-state index contributed by atoms with van der Waals surface area (Å²) in [5.41, 5.74) is 3.72. The molecule has 4 aromatic rings. The lowest BCUT2D eigenvalue weighted by molar-refractivity contribution is -0.119. The predicted molar refractivity (Wildman–Crippen MR) is 132 cm³/mol. The van der Waals surface area contributed by atoms with Crippen molar-refractivity contribution >= 4 is 39.2 Å². The van der Waals surface area contributed by atoms with Gasteiger partial charge >= 0.3 is 6.09 Å². The smallest absolute Gasteiger partial charge is 0.410 e. The fourth-order valence-electron chi connectivity index (χ4n) is 3.99. The molecule has 2 amide bonds. The van der Waals surface area contributed by atoms with Crippen molar-refractivity contribution in [2.24, 2.45) is 0 Å². The van der Waals surface area contributed by atoms with Crippen LogP contribution in [0.25, 0.3) is 20.8 Å². The zero-order valence-electron chi connectivity index (χ0n) is 18.5. The summed E-state index contributed by atoms with van der Waals surface area (Å²) in [7, 11) is 0. The van der Waals surface area contributed by atoms with Gasteiger partial charge in [0.05, 0.1) is 22.9 Å². The maximum atomic E-state index is 12.9. The number of thiazole rings is 1. The van der Waals surface area contributed by atoms with Crippen LogP contribution in [0.2, 0.25) is 0 Å². The number of ether oxygens (including phenoxy) is 1. The second-order valence-electron chi connectivity index (χ2n) is 8.30. The molecule has 0 unspecified atom stereocenters. The van der Waals surface area contributed by atoms with Crippen LogP contribution in [-0.4, -0.2) is 45.7 Å². The molecule has 2 atom stereocenters. The third kappa shape index (κ3) is 4.64. The van der Waals surface area contributed by atoms with E-state index in [0.29, 0.717) is 11.4 Å². The quantitative estimate of drug-likeness (QED) is 0.442. The molecule has 172 valence electrons. The van der Waals surface area contributed by atoms with Gasteiger partial charge in [-0.1, -0.05) is 24.3 Å². The molecule has 8 heteroatoms. The van der Waals surface area contributed by atoms with Crippen LogP contribution < -0.4 is 10.1 Å². The van der Waals surface area contributed by atoms with Crippen molar-refractivity contribution in [1.29, 1.82) is 0 Å². The highest BCUT2D eigenvalue weighted by atomic mass is 32.1. The van der Waals surface area contributed by atoms with Crippen LogP contribution in [0.1, 0.15) is 12.0 Å². The molecular formula is C26H23N3O4S. The minimum absolute atomic E-state index is 0.0414. The van der Waals surface area contributed by atoms with Gasteiger partial charge in [0.25, 0.3) is 0 Å². The van der Waals surface area contributed by atoms with E-state index < -0.39 is 18.2 Å². The molecule has 7 nitrogen and oxygen atoms in total. The Hall–Kier alpha value is -3.75. The molecule has 0 saturated carbocycles. The number of aliphatic hydroxyl groups is 1. The summed E-state index contributed by atoms with van der Waals surface area (Å²) in [6, 6.07) is 21.4. The third-order valence-corrected chi connectivity index (χ3v) is 6.78. The van der Waals surface area contributed by atoms with Crippen LogP contribution in [0.5, 0.6) is 5.75 Å². The first-order valence-electron chi connectivity index (χ1n) is 11.0. The van der Waals surface area contributed by atoms with E-state index in [9.17, 15) is 14.7 Å². The van der Waals surface area contributed by atoms with Gasteiger partial charge < -0.3 is 15.2 Å². The number of aliphatic hydroxyl groups excluding tert-OH is 1. The Bertz CT molecular complexity index is 1340. The highest BCUT2D eigenvalue weighted by Crippen LogP contribution is 2.31. The van der Waals surface area contributed by atoms with Crippen molar-refractivity contribution in [3.05, 3.63) is 78.4 Å². The highest BCUT2D eigenvalue weighted by molar-refractivity contribution is 7.21. The number of fused-ring (bicyclic) bond motifs is 1. The molecule has 0 bridgehead atoms. The lowest BCUT2D eigenvalue weighted by Crippen LogP contribution is -2.44. The monoisotopic (exact) mass is 473 g/mol. The Kier molecular flexibility index (Phi) is 6.00. The Balaban J connectivity index is 1.27. The summed E-state index contributed by atoms with van der Waals surface area (Å²) in [6.45, 7) is 2.10. The van der Waals surface area contributed by atoms with E-state index in [4.69, 9.17) is 9.72 Å². The molecule has 3 aromatic carbocycles. The van der Waals surface area contributed by atoms with Crippen molar-refractivity contribution in [2.45, 2.75) is 25.5 Å². The molecule has 2 N–H and O–H groups in total. The molecule has 5 rings (SSSR count). The topological polar surface area (TPSA) is 91.8 Å². The van der Waals surface area contributed by atoms with Crippen LogP contribution in [0.3, 0.4) is 0 Å². The van der Waals surface area contributed by atoms with Gasteiger partial charge in [0.15, 0.2) is 0 Å². The number of nitrogens with one attached hydrogen (secondary N) is 1. The maximum Gasteiger partial charge on any atom is 0.416 e. The fraction of sp³-hybridized carbons (Fsp3) is 0.192. The number of β-amino-alcohol motifs (C(OH)–C–C–N with tert-alkyl or cyclic N) is 1. The van der Waals surface area contributed by atoms with E-state index in [1.807, 2.05) is 42.5 Å². The van der Waals surface area contributed by atoms with E-state index in [0.717, 1.165) is 20.8 Å². The van der Waals surface area contributed by atoms with Gasteiger partial charge in [0, 0.05) is 17.7 Å². The van der Waals surface area contributed by atoms with Crippen LogP contribution in [0.4, 0.5) is 10.5 Å². The number of likely N-dealkylation sites (tertiary alicyclic amines) is 1. The van der Waals surface area contributed by atoms with Gasteiger partial charge in [-0.25, -0.2) is 9.78 Å². The van der Waals surface area contributed by atoms with E-state index in [2.05, 4.69) is 18.3 Å². The average Bonchev–Trinajstić information content (AvgIpc) is 3.43. The van der Waals surface area contributed by atoms with Crippen molar-refractivity contribution < 1.29 is 19.4 Å².